The van der Waals surface area contributed by atoms with E-state index in [0.717, 1.165) is 27.2 Å². The molecule has 232 valence electrons. The van der Waals surface area contributed by atoms with Gasteiger partial charge in [-0.15, -0.1) is 35.3 Å². The van der Waals surface area contributed by atoms with E-state index in [-0.39, 0.29) is 45.0 Å². The van der Waals surface area contributed by atoms with Crippen molar-refractivity contribution in [3.05, 3.63) is 102 Å². The molecule has 0 bridgehead atoms. The first-order valence-corrected chi connectivity index (χ1v) is 17.6. The number of Topliss-reactive ketones (excluding diaryl/α,β-unsaturated/α-hetero) is 1. The summed E-state index contributed by atoms with van der Waals surface area (Å²) in [6.07, 6.45) is 0. The molecular weight excluding hydrogens is 609 g/mol. The number of methoxy groups -OCH3 is 2. The highest BCUT2D eigenvalue weighted by Gasteiger charge is 2.62. The van der Waals surface area contributed by atoms with Gasteiger partial charge in [-0.1, -0.05) is 92.7 Å². The van der Waals surface area contributed by atoms with E-state index in [0.29, 0.717) is 0 Å². The van der Waals surface area contributed by atoms with Crippen LogP contribution in [-0.4, -0.2) is 53.3 Å². The largest absolute Gasteiger partial charge is 0.468 e. The Hall–Kier alpha value is -2.94. The molecule has 5 nitrogen and oxygen atoms in total. The average Bonchev–Trinajstić information content (AvgIpc) is 3.25. The number of allylic oxidation sites excluding steroid dienone is 2. The van der Waals surface area contributed by atoms with E-state index in [1.165, 1.54) is 37.7 Å². The number of ether oxygens (including phenoxy) is 2. The molecule has 0 aliphatic heterocycles. The predicted molar refractivity (Wildman–Crippen MR) is 185 cm³/mol. The Morgan fingerprint density at radius 3 is 1.52 bits per heavy atom. The number of benzene rings is 3. The second-order valence-corrected chi connectivity index (χ2v) is 15.2. The van der Waals surface area contributed by atoms with Crippen LogP contribution >= 0.6 is 35.3 Å². The summed E-state index contributed by atoms with van der Waals surface area (Å²) in [6.45, 7) is 8.37. The Morgan fingerprint density at radius 2 is 1.09 bits per heavy atom. The highest BCUT2D eigenvalue weighted by atomic mass is 32.2. The Morgan fingerprint density at radius 1 is 0.682 bits per heavy atom. The van der Waals surface area contributed by atoms with Gasteiger partial charge in [0.1, 0.15) is 0 Å². The summed E-state index contributed by atoms with van der Waals surface area (Å²) in [4.78, 5) is 41.1. The van der Waals surface area contributed by atoms with Crippen molar-refractivity contribution >= 4 is 64.2 Å². The molecule has 1 aliphatic rings. The maximum Gasteiger partial charge on any atom is 0.315 e. The van der Waals surface area contributed by atoms with Gasteiger partial charge in [-0.2, -0.15) is 0 Å². The number of ketones is 1. The molecule has 3 aromatic carbocycles. The van der Waals surface area contributed by atoms with E-state index in [1.54, 1.807) is 11.8 Å². The summed E-state index contributed by atoms with van der Waals surface area (Å²) in [5, 5.41) is -0.107. The summed E-state index contributed by atoms with van der Waals surface area (Å²) in [5.74, 6) is -0.627. The van der Waals surface area contributed by atoms with Crippen LogP contribution in [0.2, 0.25) is 0 Å². The van der Waals surface area contributed by atoms with Crippen molar-refractivity contribution in [3.63, 3.8) is 0 Å². The molecule has 4 unspecified atom stereocenters. The lowest BCUT2D eigenvalue weighted by molar-refractivity contribution is -0.138. The third-order valence-electron chi connectivity index (χ3n) is 8.73. The molecular formula is C36H40O5S3. The first-order chi connectivity index (χ1) is 21.1. The van der Waals surface area contributed by atoms with Crippen molar-refractivity contribution in [3.8, 4) is 0 Å². The third-order valence-corrected chi connectivity index (χ3v) is 13.2. The van der Waals surface area contributed by atoms with E-state index in [4.69, 9.17) is 9.47 Å². The van der Waals surface area contributed by atoms with Gasteiger partial charge in [0.2, 0.25) is 0 Å². The summed E-state index contributed by atoms with van der Waals surface area (Å²) < 4.78 is 9.61. The summed E-state index contributed by atoms with van der Waals surface area (Å²) >= 11 is 4.52. The second-order valence-electron chi connectivity index (χ2n) is 11.2. The number of carbonyl (C=O) groups excluding carboxylic acids is 3. The molecule has 0 aromatic heterocycles. The van der Waals surface area contributed by atoms with Crippen LogP contribution in [0.3, 0.4) is 0 Å². The lowest BCUT2D eigenvalue weighted by atomic mass is 9.67. The molecule has 0 radical (unpaired) electrons. The van der Waals surface area contributed by atoms with Gasteiger partial charge in [0, 0.05) is 10.1 Å². The summed E-state index contributed by atoms with van der Waals surface area (Å²) in [6, 6.07) is 30.6. The molecule has 0 spiro atoms. The van der Waals surface area contributed by atoms with Crippen LogP contribution in [0.4, 0.5) is 0 Å². The molecule has 0 fully saturated rings. The number of rotatable bonds is 13. The Bertz CT molecular complexity index is 1460. The SMILES string of the molecule is COC(=O)CSC(SCC(=O)OC)C(C)C1(C)C(=O)C(C)(C(C)Sc2ccccc2)C(c2ccccc2)=C1c1ccccc1. The van der Waals surface area contributed by atoms with Crippen LogP contribution in [0, 0.1) is 16.7 Å². The Balaban J connectivity index is 1.94. The molecule has 4 atom stereocenters. The van der Waals surface area contributed by atoms with Crippen molar-refractivity contribution in [2.75, 3.05) is 25.7 Å². The highest BCUT2D eigenvalue weighted by molar-refractivity contribution is 8.17. The van der Waals surface area contributed by atoms with Gasteiger partial charge in [0.25, 0.3) is 0 Å². The van der Waals surface area contributed by atoms with Gasteiger partial charge in [0.15, 0.2) is 5.78 Å². The normalized spacial score (nSPS) is 21.3. The van der Waals surface area contributed by atoms with Crippen LogP contribution in [0.1, 0.15) is 38.8 Å². The lowest BCUT2D eigenvalue weighted by Crippen LogP contribution is -2.45. The minimum Gasteiger partial charge on any atom is -0.468 e. The van der Waals surface area contributed by atoms with Crippen LogP contribution in [0.15, 0.2) is 95.9 Å². The molecule has 0 N–H and O–H groups in total. The van der Waals surface area contributed by atoms with Gasteiger partial charge >= 0.3 is 11.9 Å². The fraction of sp³-hybridized carbons (Fsp3) is 0.361. The van der Waals surface area contributed by atoms with E-state index in [2.05, 4.69) is 64.1 Å². The number of hydrogen-bond donors (Lipinski definition) is 0. The summed E-state index contributed by atoms with van der Waals surface area (Å²) in [7, 11) is 2.73. The minimum atomic E-state index is -0.955. The quantitative estimate of drug-likeness (QED) is 0.105. The topological polar surface area (TPSA) is 69.7 Å². The zero-order chi connectivity index (χ0) is 31.9. The fourth-order valence-corrected chi connectivity index (χ4v) is 9.99. The van der Waals surface area contributed by atoms with Crippen LogP contribution in [-0.2, 0) is 23.9 Å². The predicted octanol–water partition coefficient (Wildman–Crippen LogP) is 8.15. The molecule has 3 aromatic rings. The van der Waals surface area contributed by atoms with E-state index in [9.17, 15) is 9.59 Å². The van der Waals surface area contributed by atoms with E-state index >= 15 is 4.79 Å². The number of carbonyl (C=O) groups is 3. The minimum absolute atomic E-state index is 0.107. The summed E-state index contributed by atoms with van der Waals surface area (Å²) in [5.41, 5.74) is 2.20. The first-order valence-electron chi connectivity index (χ1n) is 14.6. The van der Waals surface area contributed by atoms with Gasteiger partial charge in [-0.3, -0.25) is 14.4 Å². The average molecular weight is 649 g/mol. The Labute approximate surface area is 274 Å². The maximum atomic E-state index is 15.4. The van der Waals surface area contributed by atoms with Gasteiger partial charge < -0.3 is 9.47 Å². The molecule has 0 saturated heterocycles. The number of hydrogen-bond acceptors (Lipinski definition) is 8. The molecule has 0 saturated carbocycles. The zero-order valence-corrected chi connectivity index (χ0v) is 28.5. The van der Waals surface area contributed by atoms with Crippen LogP contribution in [0.5, 0.6) is 0 Å². The van der Waals surface area contributed by atoms with Crippen molar-refractivity contribution in [2.45, 2.75) is 42.4 Å². The lowest BCUT2D eigenvalue weighted by Gasteiger charge is -2.40. The van der Waals surface area contributed by atoms with Crippen molar-refractivity contribution in [1.29, 1.82) is 0 Å². The second kappa shape index (κ2) is 14.9. The van der Waals surface area contributed by atoms with Crippen molar-refractivity contribution in [2.24, 2.45) is 16.7 Å². The smallest absolute Gasteiger partial charge is 0.315 e. The van der Waals surface area contributed by atoms with Gasteiger partial charge in [-0.25, -0.2) is 0 Å². The number of thioether (sulfide) groups is 3. The van der Waals surface area contributed by atoms with Crippen molar-refractivity contribution < 1.29 is 23.9 Å². The van der Waals surface area contributed by atoms with Crippen molar-refractivity contribution in [1.82, 2.24) is 0 Å². The van der Waals surface area contributed by atoms with E-state index in [1.807, 2.05) is 54.6 Å². The van der Waals surface area contributed by atoms with E-state index < -0.39 is 10.8 Å². The molecule has 0 amide bonds. The molecule has 44 heavy (non-hydrogen) atoms. The highest BCUT2D eigenvalue weighted by Crippen LogP contribution is 2.65. The number of esters is 2. The third kappa shape index (κ3) is 6.82. The zero-order valence-electron chi connectivity index (χ0n) is 26.1. The molecule has 0 heterocycles. The molecule has 1 aliphatic carbocycles. The monoisotopic (exact) mass is 648 g/mol. The fourth-order valence-electron chi connectivity index (χ4n) is 6.05. The standard InChI is InChI=1S/C36H40O5S3/c1-24(33(42-22-29(37)40-5)43-23-30(38)41-6)35(3)31(26-16-10-7-11-17-26)32(27-18-12-8-13-19-27)36(4,34(35)39)25(2)44-28-20-14-9-15-21-28/h7-21,24-25,33H,22-23H2,1-6H3. The van der Waals surface area contributed by atoms with Gasteiger partial charge in [0.05, 0.1) is 41.1 Å². The van der Waals surface area contributed by atoms with Crippen LogP contribution in [0.25, 0.3) is 11.1 Å². The first kappa shape index (κ1) is 33.9. The maximum absolute atomic E-state index is 15.4. The van der Waals surface area contributed by atoms with Crippen LogP contribution < -0.4 is 0 Å². The molecule has 8 heteroatoms. The Kier molecular flexibility index (Phi) is 11.5. The van der Waals surface area contributed by atoms with Gasteiger partial charge in [-0.05, 0) is 54.2 Å². The molecule has 4 rings (SSSR count).